The number of hydrogen-bond donors (Lipinski definition) is 1. The highest BCUT2D eigenvalue weighted by Crippen LogP contribution is 2.26. The van der Waals surface area contributed by atoms with E-state index in [1.165, 1.54) is 13.8 Å². The lowest BCUT2D eigenvalue weighted by molar-refractivity contribution is -0.388. The predicted octanol–water partition coefficient (Wildman–Crippen LogP) is 2.13. The van der Waals surface area contributed by atoms with Crippen LogP contribution in [-0.2, 0) is 0 Å². The predicted molar refractivity (Wildman–Crippen MR) is 56.1 cm³/mol. The lowest BCUT2D eigenvalue weighted by Crippen LogP contribution is -2.15. The van der Waals surface area contributed by atoms with Crippen LogP contribution in [0.15, 0.2) is 6.07 Å². The Morgan fingerprint density at radius 2 is 1.89 bits per heavy atom. The summed E-state index contributed by atoms with van der Waals surface area (Å²) in [6.45, 7) is 2.47. The number of halogens is 3. The van der Waals surface area contributed by atoms with E-state index in [9.17, 15) is 28.4 Å². The molecule has 0 aliphatic carbocycles. The molecule has 0 unspecified atom stereocenters. The topological polar surface area (TPSA) is 63.4 Å². The van der Waals surface area contributed by atoms with Gasteiger partial charge in [-0.05, 0) is 13.8 Å². The van der Waals surface area contributed by atoms with Gasteiger partial charge < -0.3 is 5.11 Å². The minimum absolute atomic E-state index is 0.0722. The number of rotatable bonds is 1. The minimum atomic E-state index is -1.63. The van der Waals surface area contributed by atoms with Crippen LogP contribution in [0, 0.1) is 39.4 Å². The zero-order valence-electron chi connectivity index (χ0n) is 9.42. The van der Waals surface area contributed by atoms with E-state index >= 15 is 0 Å². The molecule has 0 aromatic heterocycles. The van der Waals surface area contributed by atoms with Crippen LogP contribution in [0.1, 0.15) is 19.4 Å². The Balaban J connectivity index is 3.58. The Morgan fingerprint density at radius 1 is 1.33 bits per heavy atom. The fourth-order valence-corrected chi connectivity index (χ4v) is 1.09. The molecule has 4 nitrogen and oxygen atoms in total. The van der Waals surface area contributed by atoms with Crippen LogP contribution in [-0.4, -0.2) is 15.6 Å². The molecule has 0 saturated heterocycles. The Kier molecular flexibility index (Phi) is 3.62. The van der Waals surface area contributed by atoms with Crippen molar-refractivity contribution in [1.29, 1.82) is 0 Å². The van der Waals surface area contributed by atoms with Crippen LogP contribution in [0.4, 0.5) is 18.9 Å². The van der Waals surface area contributed by atoms with Crippen LogP contribution >= 0.6 is 0 Å². The standard InChI is InChI=1S/C11H8F3NO3/c1-11(2,16)4-3-6-9(14)7(12)5-8(13)10(6)15(17)18/h5,16H,1-2H3. The van der Waals surface area contributed by atoms with E-state index < -0.39 is 39.2 Å². The Labute approximate surface area is 100 Å². The average Bonchev–Trinajstić information content (AvgIpc) is 2.19. The molecular formula is C11H8F3NO3. The molecule has 0 atom stereocenters. The van der Waals surface area contributed by atoms with E-state index in [1.807, 2.05) is 5.92 Å². The van der Waals surface area contributed by atoms with Crippen LogP contribution < -0.4 is 0 Å². The third-order valence-corrected chi connectivity index (χ3v) is 1.82. The van der Waals surface area contributed by atoms with Crippen molar-refractivity contribution in [1.82, 2.24) is 0 Å². The quantitative estimate of drug-likeness (QED) is 0.363. The third kappa shape index (κ3) is 2.99. The Bertz CT molecular complexity index is 568. The molecule has 0 aliphatic heterocycles. The highest BCUT2D eigenvalue weighted by atomic mass is 19.2. The molecule has 0 amide bonds. The Morgan fingerprint density at radius 3 is 2.33 bits per heavy atom. The summed E-state index contributed by atoms with van der Waals surface area (Å²) in [6.07, 6.45) is 0. The average molecular weight is 259 g/mol. The van der Waals surface area contributed by atoms with Gasteiger partial charge in [-0.2, -0.15) is 4.39 Å². The van der Waals surface area contributed by atoms with Crippen molar-refractivity contribution in [3.05, 3.63) is 39.2 Å². The fourth-order valence-electron chi connectivity index (χ4n) is 1.09. The maximum atomic E-state index is 13.3. The summed E-state index contributed by atoms with van der Waals surface area (Å²) < 4.78 is 39.5. The van der Waals surface area contributed by atoms with Gasteiger partial charge in [-0.1, -0.05) is 11.8 Å². The van der Waals surface area contributed by atoms with Gasteiger partial charge in [0.1, 0.15) is 11.2 Å². The smallest absolute Gasteiger partial charge is 0.323 e. The normalized spacial score (nSPS) is 10.8. The van der Waals surface area contributed by atoms with E-state index in [4.69, 9.17) is 0 Å². The number of nitrogens with zero attached hydrogens (tertiary/aromatic N) is 1. The van der Waals surface area contributed by atoms with Gasteiger partial charge in [0.25, 0.3) is 0 Å². The second-order valence-electron chi connectivity index (χ2n) is 3.94. The molecule has 0 spiro atoms. The van der Waals surface area contributed by atoms with E-state index in [1.54, 1.807) is 0 Å². The molecule has 1 N–H and O–H groups in total. The summed E-state index contributed by atoms with van der Waals surface area (Å²) >= 11 is 0. The molecule has 1 aromatic carbocycles. The van der Waals surface area contributed by atoms with Gasteiger partial charge in [-0.15, -0.1) is 0 Å². The van der Waals surface area contributed by atoms with Crippen molar-refractivity contribution in [2.75, 3.05) is 0 Å². The first-order chi connectivity index (χ1) is 8.13. The van der Waals surface area contributed by atoms with E-state index in [0.29, 0.717) is 0 Å². The zero-order chi connectivity index (χ0) is 14.1. The molecule has 0 aliphatic rings. The van der Waals surface area contributed by atoms with Crippen molar-refractivity contribution in [2.45, 2.75) is 19.4 Å². The highest BCUT2D eigenvalue weighted by Gasteiger charge is 2.26. The lowest BCUT2D eigenvalue weighted by Gasteiger charge is -2.06. The van der Waals surface area contributed by atoms with Crippen LogP contribution in [0.5, 0.6) is 0 Å². The van der Waals surface area contributed by atoms with Crippen LogP contribution in [0.2, 0.25) is 0 Å². The van der Waals surface area contributed by atoms with Crippen molar-refractivity contribution >= 4 is 5.69 Å². The highest BCUT2D eigenvalue weighted by molar-refractivity contribution is 5.53. The van der Waals surface area contributed by atoms with Crippen LogP contribution in [0.25, 0.3) is 0 Å². The second-order valence-corrected chi connectivity index (χ2v) is 3.94. The number of nitro benzene ring substituents is 1. The Hall–Kier alpha value is -2.07. The third-order valence-electron chi connectivity index (χ3n) is 1.82. The molecule has 0 saturated carbocycles. The van der Waals surface area contributed by atoms with E-state index in [2.05, 4.69) is 5.92 Å². The SMILES string of the molecule is CC(C)(O)C#Cc1c(F)c(F)cc(F)c1[N+](=O)[O-]. The summed E-state index contributed by atoms with van der Waals surface area (Å²) in [5.41, 5.74) is -3.87. The monoisotopic (exact) mass is 259 g/mol. The number of benzene rings is 1. The van der Waals surface area contributed by atoms with Gasteiger partial charge in [-0.3, -0.25) is 10.1 Å². The first-order valence-electron chi connectivity index (χ1n) is 4.71. The van der Waals surface area contributed by atoms with Gasteiger partial charge in [0, 0.05) is 6.07 Å². The fraction of sp³-hybridized carbons (Fsp3) is 0.273. The first kappa shape index (κ1) is 14.0. The van der Waals surface area contributed by atoms with Gasteiger partial charge in [0.15, 0.2) is 11.6 Å². The number of aliphatic hydroxyl groups is 1. The van der Waals surface area contributed by atoms with E-state index in [-0.39, 0.29) is 6.07 Å². The molecule has 7 heteroatoms. The maximum Gasteiger partial charge on any atom is 0.323 e. The van der Waals surface area contributed by atoms with Crippen molar-refractivity contribution < 1.29 is 23.2 Å². The summed E-state index contributed by atoms with van der Waals surface area (Å²) in [5, 5.41) is 19.9. The van der Waals surface area contributed by atoms with Gasteiger partial charge >= 0.3 is 5.69 Å². The van der Waals surface area contributed by atoms with Gasteiger partial charge in [0.05, 0.1) is 4.92 Å². The molecular weight excluding hydrogens is 251 g/mol. The summed E-state index contributed by atoms with van der Waals surface area (Å²) in [7, 11) is 0. The van der Waals surface area contributed by atoms with Crippen molar-refractivity contribution in [3.63, 3.8) is 0 Å². The second kappa shape index (κ2) is 4.66. The summed E-state index contributed by atoms with van der Waals surface area (Å²) in [6, 6.07) is 0.0722. The molecule has 18 heavy (non-hydrogen) atoms. The molecule has 1 rings (SSSR count). The van der Waals surface area contributed by atoms with E-state index in [0.717, 1.165) is 0 Å². The molecule has 1 aromatic rings. The molecule has 0 heterocycles. The van der Waals surface area contributed by atoms with Crippen LogP contribution in [0.3, 0.4) is 0 Å². The molecule has 96 valence electrons. The van der Waals surface area contributed by atoms with Gasteiger partial charge in [0.2, 0.25) is 5.82 Å². The molecule has 0 fully saturated rings. The van der Waals surface area contributed by atoms with Crippen molar-refractivity contribution in [2.24, 2.45) is 0 Å². The summed E-state index contributed by atoms with van der Waals surface area (Å²) in [5.74, 6) is -0.795. The van der Waals surface area contributed by atoms with Gasteiger partial charge in [-0.25, -0.2) is 8.78 Å². The summed E-state index contributed by atoms with van der Waals surface area (Å²) in [4.78, 5) is 9.37. The number of hydrogen-bond acceptors (Lipinski definition) is 3. The maximum absolute atomic E-state index is 13.3. The number of nitro groups is 1. The molecule has 0 bridgehead atoms. The largest absolute Gasteiger partial charge is 0.378 e. The zero-order valence-corrected chi connectivity index (χ0v) is 9.42. The molecule has 0 radical (unpaired) electrons. The van der Waals surface area contributed by atoms with Crippen molar-refractivity contribution in [3.8, 4) is 11.8 Å². The minimum Gasteiger partial charge on any atom is -0.378 e. The first-order valence-corrected chi connectivity index (χ1v) is 4.71. The lowest BCUT2D eigenvalue weighted by atomic mass is 10.1.